The van der Waals surface area contributed by atoms with Crippen LogP contribution in [0.15, 0.2) is 12.4 Å². The maximum absolute atomic E-state index is 11.5. The van der Waals surface area contributed by atoms with Crippen LogP contribution in [0.4, 0.5) is 4.79 Å². The van der Waals surface area contributed by atoms with Crippen molar-refractivity contribution in [1.82, 2.24) is 14.9 Å². The quantitative estimate of drug-likeness (QED) is 0.736. The Kier molecular flexibility index (Phi) is 2.67. The Balaban J connectivity index is 1.88. The zero-order valence-electron chi connectivity index (χ0n) is 7.90. The monoisotopic (exact) mass is 195 g/mol. The smallest absolute Gasteiger partial charge is 0.375 e. The van der Waals surface area contributed by atoms with Crippen molar-refractivity contribution in [3.05, 3.63) is 12.4 Å². The number of H-pyrrole nitrogens is 1. The fraction of sp³-hybridized carbons (Fsp3) is 0.556. The summed E-state index contributed by atoms with van der Waals surface area (Å²) in [6, 6.07) is 0.264. The van der Waals surface area contributed by atoms with Gasteiger partial charge in [-0.25, -0.2) is 9.78 Å². The Hall–Kier alpha value is -1.52. The van der Waals surface area contributed by atoms with Gasteiger partial charge >= 0.3 is 12.1 Å². The Morgan fingerprint density at radius 3 is 2.86 bits per heavy atom. The Morgan fingerprint density at radius 2 is 2.21 bits per heavy atom. The van der Waals surface area contributed by atoms with Gasteiger partial charge in [0.15, 0.2) is 0 Å². The maximum Gasteiger partial charge on any atom is 0.417 e. The molecular weight excluding hydrogens is 182 g/mol. The first kappa shape index (κ1) is 9.05. The predicted octanol–water partition coefficient (Wildman–Crippen LogP) is 1.39. The number of ether oxygens (including phenoxy) is 1. The van der Waals surface area contributed by atoms with E-state index in [4.69, 9.17) is 4.74 Å². The molecule has 0 spiro atoms. The highest BCUT2D eigenvalue weighted by Gasteiger charge is 2.18. The molecule has 0 aliphatic carbocycles. The molecule has 5 heteroatoms. The second kappa shape index (κ2) is 4.13. The first-order valence-electron chi connectivity index (χ1n) is 4.82. The first-order chi connectivity index (χ1) is 6.86. The Bertz CT molecular complexity index is 291. The summed E-state index contributed by atoms with van der Waals surface area (Å²) in [6.07, 6.45) is 6.20. The Morgan fingerprint density at radius 1 is 1.43 bits per heavy atom. The van der Waals surface area contributed by atoms with Crippen molar-refractivity contribution >= 4 is 6.09 Å². The van der Waals surface area contributed by atoms with Gasteiger partial charge in [0.25, 0.3) is 0 Å². The molecule has 2 heterocycles. The number of hydrogen-bond donors (Lipinski definition) is 1. The van der Waals surface area contributed by atoms with Gasteiger partial charge in [-0.2, -0.15) is 0 Å². The van der Waals surface area contributed by atoms with Gasteiger partial charge in [0.1, 0.15) is 0 Å². The molecule has 1 aliphatic heterocycles. The van der Waals surface area contributed by atoms with Crippen LogP contribution >= 0.6 is 0 Å². The van der Waals surface area contributed by atoms with Crippen molar-refractivity contribution in [3.8, 4) is 6.01 Å². The van der Waals surface area contributed by atoms with E-state index < -0.39 is 0 Å². The number of piperidine rings is 1. The van der Waals surface area contributed by atoms with Crippen molar-refractivity contribution in [2.75, 3.05) is 13.1 Å². The number of imidazole rings is 1. The normalized spacial score (nSPS) is 16.7. The van der Waals surface area contributed by atoms with E-state index in [-0.39, 0.29) is 12.1 Å². The second-order valence-corrected chi connectivity index (χ2v) is 3.31. The molecule has 0 unspecified atom stereocenters. The van der Waals surface area contributed by atoms with Gasteiger partial charge in [0.2, 0.25) is 0 Å². The molecule has 0 atom stereocenters. The number of nitrogens with zero attached hydrogens (tertiary/aromatic N) is 2. The summed E-state index contributed by atoms with van der Waals surface area (Å²) in [6.45, 7) is 1.58. The van der Waals surface area contributed by atoms with Crippen molar-refractivity contribution in [2.45, 2.75) is 19.3 Å². The number of aromatic amines is 1. The summed E-state index contributed by atoms with van der Waals surface area (Å²) >= 11 is 0. The lowest BCUT2D eigenvalue weighted by Crippen LogP contribution is -2.37. The standard InChI is InChI=1S/C9H13N3O2/c13-9(12-6-2-1-3-7-12)14-8-10-4-5-11-8/h4-5H,1-3,6-7H2,(H,10,11). The molecule has 5 nitrogen and oxygen atoms in total. The average molecular weight is 195 g/mol. The minimum absolute atomic E-state index is 0.264. The largest absolute Gasteiger partial charge is 0.417 e. The van der Waals surface area contributed by atoms with Gasteiger partial charge in [-0.15, -0.1) is 0 Å². The van der Waals surface area contributed by atoms with E-state index in [2.05, 4.69) is 9.97 Å². The molecule has 2 rings (SSSR count). The van der Waals surface area contributed by atoms with Gasteiger partial charge < -0.3 is 14.6 Å². The SMILES string of the molecule is O=C(Oc1ncc[nH]1)N1CCCCC1. The summed E-state index contributed by atoms with van der Waals surface area (Å²) < 4.78 is 5.01. The number of aromatic nitrogens is 2. The van der Waals surface area contributed by atoms with E-state index in [1.807, 2.05) is 0 Å². The zero-order valence-corrected chi connectivity index (χ0v) is 7.90. The third kappa shape index (κ3) is 2.04. The molecule has 14 heavy (non-hydrogen) atoms. The van der Waals surface area contributed by atoms with Gasteiger partial charge in [-0.3, -0.25) is 0 Å². The average Bonchev–Trinajstić information content (AvgIpc) is 2.72. The third-order valence-electron chi connectivity index (χ3n) is 2.27. The van der Waals surface area contributed by atoms with Gasteiger partial charge in [0.05, 0.1) is 0 Å². The van der Waals surface area contributed by atoms with Crippen molar-refractivity contribution in [2.24, 2.45) is 0 Å². The zero-order chi connectivity index (χ0) is 9.80. The van der Waals surface area contributed by atoms with Crippen LogP contribution in [0, 0.1) is 0 Å². The van der Waals surface area contributed by atoms with E-state index in [0.717, 1.165) is 25.9 Å². The van der Waals surface area contributed by atoms with Crippen LogP contribution in [-0.2, 0) is 0 Å². The third-order valence-corrected chi connectivity index (χ3v) is 2.27. The fourth-order valence-electron chi connectivity index (χ4n) is 1.53. The minimum atomic E-state index is -0.306. The highest BCUT2D eigenvalue weighted by atomic mass is 16.6. The summed E-state index contributed by atoms with van der Waals surface area (Å²) in [4.78, 5) is 19.8. The van der Waals surface area contributed by atoms with Crippen LogP contribution in [-0.4, -0.2) is 34.1 Å². The van der Waals surface area contributed by atoms with Gasteiger partial charge in [-0.05, 0) is 19.3 Å². The van der Waals surface area contributed by atoms with Crippen LogP contribution in [0.1, 0.15) is 19.3 Å². The molecule has 1 aliphatic rings. The molecule has 76 valence electrons. The van der Waals surface area contributed by atoms with E-state index in [9.17, 15) is 4.79 Å². The van der Waals surface area contributed by atoms with Crippen LogP contribution in [0.25, 0.3) is 0 Å². The fourth-order valence-corrected chi connectivity index (χ4v) is 1.53. The molecule has 0 bridgehead atoms. The number of hydrogen-bond acceptors (Lipinski definition) is 3. The maximum atomic E-state index is 11.5. The lowest BCUT2D eigenvalue weighted by atomic mass is 10.1. The molecule has 1 saturated heterocycles. The number of amides is 1. The molecule has 1 amide bonds. The molecule has 1 aromatic rings. The highest BCUT2D eigenvalue weighted by Crippen LogP contribution is 2.10. The van der Waals surface area contributed by atoms with Gasteiger partial charge in [-0.1, -0.05) is 0 Å². The van der Waals surface area contributed by atoms with E-state index >= 15 is 0 Å². The van der Waals surface area contributed by atoms with E-state index in [1.54, 1.807) is 17.3 Å². The number of rotatable bonds is 1. The van der Waals surface area contributed by atoms with E-state index in [0.29, 0.717) is 0 Å². The van der Waals surface area contributed by atoms with Crippen LogP contribution in [0.2, 0.25) is 0 Å². The molecule has 1 N–H and O–H groups in total. The highest BCUT2D eigenvalue weighted by molar-refractivity contribution is 5.69. The summed E-state index contributed by atoms with van der Waals surface area (Å²) in [7, 11) is 0. The minimum Gasteiger partial charge on any atom is -0.375 e. The van der Waals surface area contributed by atoms with Crippen LogP contribution in [0.3, 0.4) is 0 Å². The molecule has 1 aromatic heterocycles. The van der Waals surface area contributed by atoms with Crippen LogP contribution in [0.5, 0.6) is 6.01 Å². The summed E-state index contributed by atoms with van der Waals surface area (Å²) in [5.74, 6) is 0. The molecule has 0 aromatic carbocycles. The first-order valence-corrected chi connectivity index (χ1v) is 4.82. The topological polar surface area (TPSA) is 58.2 Å². The number of carbonyl (C=O) groups is 1. The lowest BCUT2D eigenvalue weighted by molar-refractivity contribution is 0.139. The van der Waals surface area contributed by atoms with Crippen molar-refractivity contribution in [3.63, 3.8) is 0 Å². The molecule has 1 fully saturated rings. The van der Waals surface area contributed by atoms with E-state index in [1.165, 1.54) is 6.42 Å². The number of carbonyl (C=O) groups excluding carboxylic acids is 1. The number of likely N-dealkylation sites (tertiary alicyclic amines) is 1. The molecule has 0 saturated carbocycles. The predicted molar refractivity (Wildman–Crippen MR) is 50.0 cm³/mol. The Labute approximate surface area is 82.1 Å². The number of nitrogens with one attached hydrogen (secondary N) is 1. The summed E-state index contributed by atoms with van der Waals surface area (Å²) in [5, 5.41) is 0. The molecular formula is C9H13N3O2. The molecule has 0 radical (unpaired) electrons. The lowest BCUT2D eigenvalue weighted by Gasteiger charge is -2.24. The second-order valence-electron chi connectivity index (χ2n) is 3.31. The summed E-state index contributed by atoms with van der Waals surface area (Å²) in [5.41, 5.74) is 0. The van der Waals surface area contributed by atoms with Crippen molar-refractivity contribution in [1.29, 1.82) is 0 Å². The van der Waals surface area contributed by atoms with Crippen molar-refractivity contribution < 1.29 is 9.53 Å². The van der Waals surface area contributed by atoms with Gasteiger partial charge in [0, 0.05) is 25.5 Å². The van der Waals surface area contributed by atoms with Crippen LogP contribution < -0.4 is 4.74 Å².